The third kappa shape index (κ3) is 4.63. The van der Waals surface area contributed by atoms with E-state index in [4.69, 9.17) is 12.2 Å². The van der Waals surface area contributed by atoms with E-state index in [0.717, 1.165) is 38.3 Å². The van der Waals surface area contributed by atoms with Crippen LogP contribution in [0.15, 0.2) is 54.6 Å². The van der Waals surface area contributed by atoms with Crippen molar-refractivity contribution in [1.29, 1.82) is 0 Å². The van der Waals surface area contributed by atoms with E-state index in [1.807, 2.05) is 42.2 Å². The molecule has 0 aliphatic carbocycles. The second-order valence-electron chi connectivity index (χ2n) is 7.45. The normalized spacial score (nSPS) is 14.9. The molecule has 29 heavy (non-hydrogen) atoms. The summed E-state index contributed by atoms with van der Waals surface area (Å²) in [4.78, 5) is 17.2. The molecule has 0 atom stereocenters. The Morgan fingerprint density at radius 1 is 1.03 bits per heavy atom. The molecule has 0 radical (unpaired) electrons. The maximum atomic E-state index is 12.9. The SMILES string of the molecule is Cc1ccc(-c2n[nH]c(=S)n2CC(=O)N2CCN(Cc3ccccc3)CC2)cc1. The van der Waals surface area contributed by atoms with Gasteiger partial charge in [0.25, 0.3) is 0 Å². The lowest BCUT2D eigenvalue weighted by Crippen LogP contribution is -2.49. The first kappa shape index (κ1) is 19.5. The van der Waals surface area contributed by atoms with Gasteiger partial charge in [-0.1, -0.05) is 60.2 Å². The topological polar surface area (TPSA) is 57.2 Å². The molecule has 0 unspecified atom stereocenters. The molecule has 0 bridgehead atoms. The van der Waals surface area contributed by atoms with Gasteiger partial charge in [0.05, 0.1) is 0 Å². The number of aromatic nitrogens is 3. The van der Waals surface area contributed by atoms with Crippen LogP contribution in [0.5, 0.6) is 0 Å². The largest absolute Gasteiger partial charge is 0.339 e. The zero-order chi connectivity index (χ0) is 20.2. The number of benzene rings is 2. The van der Waals surface area contributed by atoms with Crippen LogP contribution in [0, 0.1) is 11.7 Å². The summed E-state index contributed by atoms with van der Waals surface area (Å²) in [5.41, 5.74) is 3.43. The van der Waals surface area contributed by atoms with Crippen LogP contribution >= 0.6 is 12.2 Å². The molecule has 7 heteroatoms. The quantitative estimate of drug-likeness (QED) is 0.660. The number of hydrogen-bond acceptors (Lipinski definition) is 4. The average molecular weight is 408 g/mol. The highest BCUT2D eigenvalue weighted by atomic mass is 32.1. The van der Waals surface area contributed by atoms with Crippen LogP contribution in [0.25, 0.3) is 11.4 Å². The standard InChI is InChI=1S/C22H25N5OS/c1-17-7-9-19(10-8-17)21-23-24-22(29)27(21)16-20(28)26-13-11-25(12-14-26)15-18-5-3-2-4-6-18/h2-10H,11-16H2,1H3,(H,24,29). The molecule has 1 N–H and O–H groups in total. The molecule has 1 saturated heterocycles. The number of carbonyl (C=O) groups is 1. The zero-order valence-electron chi connectivity index (χ0n) is 16.5. The van der Waals surface area contributed by atoms with E-state index in [0.29, 0.717) is 10.6 Å². The van der Waals surface area contributed by atoms with Crippen molar-refractivity contribution in [1.82, 2.24) is 24.6 Å². The summed E-state index contributed by atoms with van der Waals surface area (Å²) in [5.74, 6) is 0.779. The Bertz CT molecular complexity index is 1020. The fraction of sp³-hybridized carbons (Fsp3) is 0.318. The van der Waals surface area contributed by atoms with E-state index in [1.54, 1.807) is 4.57 Å². The van der Waals surface area contributed by atoms with Crippen LogP contribution in [0.1, 0.15) is 11.1 Å². The first-order valence-corrected chi connectivity index (χ1v) is 10.3. The molecular formula is C22H25N5OS. The van der Waals surface area contributed by atoms with Crippen molar-refractivity contribution < 1.29 is 4.79 Å². The van der Waals surface area contributed by atoms with Crippen LogP contribution in [0.4, 0.5) is 0 Å². The fourth-order valence-electron chi connectivity index (χ4n) is 3.62. The number of nitrogens with zero attached hydrogens (tertiary/aromatic N) is 4. The Balaban J connectivity index is 1.39. The molecule has 2 aromatic carbocycles. The highest BCUT2D eigenvalue weighted by molar-refractivity contribution is 7.71. The van der Waals surface area contributed by atoms with Gasteiger partial charge in [0.15, 0.2) is 10.6 Å². The van der Waals surface area contributed by atoms with E-state index in [2.05, 4.69) is 39.4 Å². The van der Waals surface area contributed by atoms with Crippen molar-refractivity contribution in [2.45, 2.75) is 20.0 Å². The van der Waals surface area contributed by atoms with E-state index < -0.39 is 0 Å². The molecule has 1 aliphatic heterocycles. The van der Waals surface area contributed by atoms with Crippen LogP contribution in [-0.4, -0.2) is 56.7 Å². The van der Waals surface area contributed by atoms with Gasteiger partial charge in [-0.3, -0.25) is 19.4 Å². The summed E-state index contributed by atoms with van der Waals surface area (Å²) >= 11 is 5.38. The van der Waals surface area contributed by atoms with Gasteiger partial charge in [-0.05, 0) is 24.7 Å². The zero-order valence-corrected chi connectivity index (χ0v) is 17.4. The van der Waals surface area contributed by atoms with Crippen LogP contribution in [0.3, 0.4) is 0 Å². The fourth-order valence-corrected chi connectivity index (χ4v) is 3.82. The van der Waals surface area contributed by atoms with Crippen molar-refractivity contribution in [3.63, 3.8) is 0 Å². The van der Waals surface area contributed by atoms with E-state index in [9.17, 15) is 4.79 Å². The Morgan fingerprint density at radius 2 is 1.72 bits per heavy atom. The average Bonchev–Trinajstić information content (AvgIpc) is 3.10. The molecule has 3 aromatic rings. The number of nitrogens with one attached hydrogen (secondary N) is 1. The highest BCUT2D eigenvalue weighted by Gasteiger charge is 2.22. The van der Waals surface area contributed by atoms with Gasteiger partial charge < -0.3 is 4.90 Å². The Kier molecular flexibility index (Phi) is 5.87. The van der Waals surface area contributed by atoms with Crippen molar-refractivity contribution in [3.8, 4) is 11.4 Å². The predicted octanol–water partition coefficient (Wildman–Crippen LogP) is 3.26. The van der Waals surface area contributed by atoms with Crippen LogP contribution in [-0.2, 0) is 17.9 Å². The monoisotopic (exact) mass is 407 g/mol. The minimum atomic E-state index is 0.0789. The lowest BCUT2D eigenvalue weighted by Gasteiger charge is -2.34. The lowest BCUT2D eigenvalue weighted by atomic mass is 10.1. The van der Waals surface area contributed by atoms with E-state index >= 15 is 0 Å². The smallest absolute Gasteiger partial charge is 0.242 e. The van der Waals surface area contributed by atoms with Gasteiger partial charge in [0.2, 0.25) is 5.91 Å². The molecule has 0 spiro atoms. The van der Waals surface area contributed by atoms with Gasteiger partial charge >= 0.3 is 0 Å². The molecule has 0 saturated carbocycles. The number of carbonyl (C=O) groups excluding carboxylic acids is 1. The maximum Gasteiger partial charge on any atom is 0.242 e. The molecule has 4 rings (SSSR count). The van der Waals surface area contributed by atoms with Crippen molar-refractivity contribution in [3.05, 3.63) is 70.5 Å². The van der Waals surface area contributed by atoms with Crippen molar-refractivity contribution in [2.75, 3.05) is 26.2 Å². The first-order valence-electron chi connectivity index (χ1n) is 9.86. The Hall–Kier alpha value is -2.77. The molecule has 6 nitrogen and oxygen atoms in total. The maximum absolute atomic E-state index is 12.9. The molecule has 1 aliphatic rings. The van der Waals surface area contributed by atoms with Gasteiger partial charge in [-0.2, -0.15) is 5.10 Å². The summed E-state index contributed by atoms with van der Waals surface area (Å²) in [6, 6.07) is 18.5. The number of aryl methyl sites for hydroxylation is 1. The van der Waals surface area contributed by atoms with E-state index in [1.165, 1.54) is 11.1 Å². The second kappa shape index (κ2) is 8.71. The van der Waals surface area contributed by atoms with Crippen LogP contribution < -0.4 is 0 Å². The number of hydrogen-bond donors (Lipinski definition) is 1. The van der Waals surface area contributed by atoms with Gasteiger partial charge in [0, 0.05) is 38.3 Å². The number of H-pyrrole nitrogens is 1. The van der Waals surface area contributed by atoms with E-state index in [-0.39, 0.29) is 12.5 Å². The Labute approximate surface area is 175 Å². The first-order chi connectivity index (χ1) is 14.1. The summed E-state index contributed by atoms with van der Waals surface area (Å²) in [6.07, 6.45) is 0. The molecular weight excluding hydrogens is 382 g/mol. The molecule has 1 fully saturated rings. The van der Waals surface area contributed by atoms with Crippen molar-refractivity contribution >= 4 is 18.1 Å². The summed E-state index contributed by atoms with van der Waals surface area (Å²) in [5, 5.41) is 7.17. The predicted molar refractivity (Wildman–Crippen MR) is 116 cm³/mol. The number of rotatable bonds is 5. The molecule has 1 aromatic heterocycles. The minimum Gasteiger partial charge on any atom is -0.339 e. The van der Waals surface area contributed by atoms with Gasteiger partial charge in [-0.25, -0.2) is 0 Å². The summed E-state index contributed by atoms with van der Waals surface area (Å²) in [6.45, 7) is 6.39. The third-order valence-corrected chi connectivity index (χ3v) is 5.65. The molecule has 150 valence electrons. The summed E-state index contributed by atoms with van der Waals surface area (Å²) < 4.78 is 2.26. The number of piperazine rings is 1. The number of aromatic amines is 1. The summed E-state index contributed by atoms with van der Waals surface area (Å²) in [7, 11) is 0. The van der Waals surface area contributed by atoms with Gasteiger partial charge in [0.1, 0.15) is 6.54 Å². The van der Waals surface area contributed by atoms with Gasteiger partial charge in [-0.15, -0.1) is 0 Å². The highest BCUT2D eigenvalue weighted by Crippen LogP contribution is 2.18. The van der Waals surface area contributed by atoms with Crippen LogP contribution in [0.2, 0.25) is 0 Å². The lowest BCUT2D eigenvalue weighted by molar-refractivity contribution is -0.133. The third-order valence-electron chi connectivity index (χ3n) is 5.34. The second-order valence-corrected chi connectivity index (χ2v) is 7.83. The number of amides is 1. The van der Waals surface area contributed by atoms with Crippen molar-refractivity contribution in [2.24, 2.45) is 0 Å². The minimum absolute atomic E-state index is 0.0789. The molecule has 1 amide bonds. The Morgan fingerprint density at radius 3 is 2.41 bits per heavy atom. The molecule has 2 heterocycles.